The summed E-state index contributed by atoms with van der Waals surface area (Å²) in [5.41, 5.74) is 2.70. The quantitative estimate of drug-likeness (QED) is 0.669. The number of benzene rings is 2. The molecule has 0 fully saturated rings. The van der Waals surface area contributed by atoms with E-state index in [1.54, 1.807) is 24.3 Å². The van der Waals surface area contributed by atoms with Crippen molar-refractivity contribution < 1.29 is 14.3 Å². The Balaban J connectivity index is 1.94. The number of nitrogens with zero attached hydrogens (tertiary/aromatic N) is 2. The van der Waals surface area contributed by atoms with Crippen molar-refractivity contribution in [2.75, 3.05) is 51.6 Å². The van der Waals surface area contributed by atoms with Gasteiger partial charge < -0.3 is 25.2 Å². The van der Waals surface area contributed by atoms with Crippen molar-refractivity contribution in [2.24, 2.45) is 0 Å². The first-order valence-corrected chi connectivity index (χ1v) is 9.57. The lowest BCUT2D eigenvalue weighted by molar-refractivity contribution is -0.136. The van der Waals surface area contributed by atoms with Crippen LogP contribution >= 0.6 is 0 Å². The van der Waals surface area contributed by atoms with Gasteiger partial charge in [-0.15, -0.1) is 0 Å². The minimum Gasteiger partial charge on any atom is -0.494 e. The number of anilines is 2. The zero-order chi connectivity index (χ0) is 21.4. The highest BCUT2D eigenvalue weighted by molar-refractivity contribution is 6.39. The minimum atomic E-state index is -0.699. The number of carbonyl (C=O) groups is 2. The Kier molecular flexibility index (Phi) is 8.03. The monoisotopic (exact) mass is 398 g/mol. The summed E-state index contributed by atoms with van der Waals surface area (Å²) in [4.78, 5) is 28.5. The first-order chi connectivity index (χ1) is 13.8. The lowest BCUT2D eigenvalue weighted by atomic mass is 10.1. The Morgan fingerprint density at radius 3 is 2.07 bits per heavy atom. The molecule has 0 aliphatic rings. The van der Waals surface area contributed by atoms with Gasteiger partial charge in [-0.05, 0) is 63.0 Å². The summed E-state index contributed by atoms with van der Waals surface area (Å²) in [7, 11) is 7.86. The van der Waals surface area contributed by atoms with Crippen LogP contribution in [0.25, 0.3) is 0 Å². The predicted octanol–water partition coefficient (Wildman–Crippen LogP) is 2.51. The van der Waals surface area contributed by atoms with E-state index < -0.39 is 11.8 Å². The second-order valence-corrected chi connectivity index (χ2v) is 7.09. The predicted molar refractivity (Wildman–Crippen MR) is 116 cm³/mol. The van der Waals surface area contributed by atoms with Crippen molar-refractivity contribution in [1.29, 1.82) is 0 Å². The molecule has 0 radical (unpaired) electrons. The fraction of sp³-hybridized carbons (Fsp3) is 0.364. The van der Waals surface area contributed by atoms with Crippen molar-refractivity contribution in [3.63, 3.8) is 0 Å². The lowest BCUT2D eigenvalue weighted by Crippen LogP contribution is -2.40. The van der Waals surface area contributed by atoms with Crippen LogP contribution in [0.1, 0.15) is 18.5 Å². The van der Waals surface area contributed by atoms with E-state index in [4.69, 9.17) is 4.74 Å². The topological polar surface area (TPSA) is 73.9 Å². The first-order valence-electron chi connectivity index (χ1n) is 9.57. The van der Waals surface area contributed by atoms with E-state index in [0.717, 1.165) is 11.3 Å². The number of carbonyl (C=O) groups excluding carboxylic acids is 2. The van der Waals surface area contributed by atoms with Crippen molar-refractivity contribution in [2.45, 2.75) is 13.0 Å². The molecule has 1 atom stereocenters. The number of amides is 2. The maximum Gasteiger partial charge on any atom is 0.313 e. The van der Waals surface area contributed by atoms with Crippen LogP contribution in [0.15, 0.2) is 48.5 Å². The van der Waals surface area contributed by atoms with Crippen LogP contribution in [0.2, 0.25) is 0 Å². The van der Waals surface area contributed by atoms with Gasteiger partial charge in [0.15, 0.2) is 0 Å². The van der Waals surface area contributed by atoms with Crippen molar-refractivity contribution in [3.05, 3.63) is 54.1 Å². The van der Waals surface area contributed by atoms with E-state index in [2.05, 4.69) is 10.6 Å². The highest BCUT2D eigenvalue weighted by atomic mass is 16.5. The number of hydrogen-bond acceptors (Lipinski definition) is 5. The van der Waals surface area contributed by atoms with Crippen LogP contribution in [0.4, 0.5) is 11.4 Å². The highest BCUT2D eigenvalue weighted by Gasteiger charge is 2.19. The molecule has 1 unspecified atom stereocenters. The van der Waals surface area contributed by atoms with Gasteiger partial charge >= 0.3 is 11.8 Å². The van der Waals surface area contributed by atoms with Gasteiger partial charge in [-0.1, -0.05) is 12.1 Å². The largest absolute Gasteiger partial charge is 0.494 e. The molecule has 2 rings (SSSR count). The van der Waals surface area contributed by atoms with Gasteiger partial charge in [0, 0.05) is 32.0 Å². The second kappa shape index (κ2) is 10.5. The van der Waals surface area contributed by atoms with Gasteiger partial charge in [-0.25, -0.2) is 0 Å². The fourth-order valence-corrected chi connectivity index (χ4v) is 2.85. The molecule has 2 aromatic rings. The molecular formula is C22H30N4O3. The van der Waals surface area contributed by atoms with Gasteiger partial charge in [-0.3, -0.25) is 9.59 Å². The van der Waals surface area contributed by atoms with Gasteiger partial charge in [0.2, 0.25) is 0 Å². The van der Waals surface area contributed by atoms with Gasteiger partial charge in [-0.2, -0.15) is 0 Å². The Morgan fingerprint density at radius 1 is 0.931 bits per heavy atom. The molecule has 7 nitrogen and oxygen atoms in total. The number of hydrogen-bond donors (Lipinski definition) is 2. The van der Waals surface area contributed by atoms with Gasteiger partial charge in [0.1, 0.15) is 5.75 Å². The maximum atomic E-state index is 12.2. The molecule has 7 heteroatoms. The van der Waals surface area contributed by atoms with E-state index >= 15 is 0 Å². The number of nitrogens with one attached hydrogen (secondary N) is 2. The average molecular weight is 399 g/mol. The van der Waals surface area contributed by atoms with E-state index in [0.29, 0.717) is 24.6 Å². The molecule has 0 saturated carbocycles. The lowest BCUT2D eigenvalue weighted by Gasteiger charge is -2.25. The number of ether oxygens (including phenoxy) is 1. The van der Waals surface area contributed by atoms with Crippen LogP contribution in [-0.2, 0) is 9.59 Å². The highest BCUT2D eigenvalue weighted by Crippen LogP contribution is 2.21. The summed E-state index contributed by atoms with van der Waals surface area (Å²) >= 11 is 0. The third-order valence-electron chi connectivity index (χ3n) is 4.50. The van der Waals surface area contributed by atoms with Crippen molar-refractivity contribution >= 4 is 23.2 Å². The van der Waals surface area contributed by atoms with E-state index in [-0.39, 0.29) is 6.04 Å². The summed E-state index contributed by atoms with van der Waals surface area (Å²) in [5.74, 6) is -0.658. The Labute approximate surface area is 172 Å². The molecule has 0 bridgehead atoms. The summed E-state index contributed by atoms with van der Waals surface area (Å²) in [6.07, 6.45) is 0. The Hall–Kier alpha value is -3.06. The molecule has 2 N–H and O–H groups in total. The summed E-state index contributed by atoms with van der Waals surface area (Å²) in [5, 5.41) is 5.32. The molecule has 0 aliphatic heterocycles. The zero-order valence-electron chi connectivity index (χ0n) is 17.7. The molecule has 2 aromatic carbocycles. The van der Waals surface area contributed by atoms with E-state index in [1.165, 1.54) is 0 Å². The second-order valence-electron chi connectivity index (χ2n) is 7.09. The average Bonchev–Trinajstić information content (AvgIpc) is 2.69. The van der Waals surface area contributed by atoms with Crippen molar-refractivity contribution in [3.8, 4) is 5.75 Å². The number of rotatable bonds is 8. The molecule has 156 valence electrons. The zero-order valence-corrected chi connectivity index (χ0v) is 17.7. The van der Waals surface area contributed by atoms with Crippen LogP contribution in [-0.4, -0.2) is 58.1 Å². The first kappa shape index (κ1) is 22.2. The molecule has 29 heavy (non-hydrogen) atoms. The third-order valence-corrected chi connectivity index (χ3v) is 4.50. The SMILES string of the molecule is CCOc1ccc(NC(=O)C(=O)NCC(c2ccc(N(C)C)cc2)N(C)C)cc1. The summed E-state index contributed by atoms with van der Waals surface area (Å²) < 4.78 is 5.36. The third kappa shape index (κ3) is 6.50. The summed E-state index contributed by atoms with van der Waals surface area (Å²) in [6.45, 7) is 2.79. The van der Waals surface area contributed by atoms with Crippen molar-refractivity contribution in [1.82, 2.24) is 10.2 Å². The molecule has 2 amide bonds. The minimum absolute atomic E-state index is 0.0477. The molecule has 0 aromatic heterocycles. The fourth-order valence-electron chi connectivity index (χ4n) is 2.85. The molecular weight excluding hydrogens is 368 g/mol. The van der Waals surface area contributed by atoms with E-state index in [1.807, 2.05) is 69.2 Å². The standard InChI is InChI=1S/C22H30N4O3/c1-6-29-19-13-9-17(10-14-19)24-22(28)21(27)23-15-20(26(4)5)16-7-11-18(12-8-16)25(2)3/h7-14,20H,6,15H2,1-5H3,(H,23,27)(H,24,28). The molecule has 0 spiro atoms. The van der Waals surface area contributed by atoms with Gasteiger partial charge in [0.25, 0.3) is 0 Å². The van der Waals surface area contributed by atoms with Crippen LogP contribution in [0.3, 0.4) is 0 Å². The molecule has 0 aliphatic carbocycles. The maximum absolute atomic E-state index is 12.2. The number of likely N-dealkylation sites (N-methyl/N-ethyl adjacent to an activating group) is 1. The van der Waals surface area contributed by atoms with Crippen LogP contribution in [0, 0.1) is 0 Å². The van der Waals surface area contributed by atoms with E-state index in [9.17, 15) is 9.59 Å². The normalized spacial score (nSPS) is 11.7. The van der Waals surface area contributed by atoms with Crippen LogP contribution in [0.5, 0.6) is 5.75 Å². The van der Waals surface area contributed by atoms with Crippen LogP contribution < -0.4 is 20.3 Å². The van der Waals surface area contributed by atoms with Gasteiger partial charge in [0.05, 0.1) is 12.6 Å². The Morgan fingerprint density at radius 2 is 1.55 bits per heavy atom. The Bertz CT molecular complexity index is 802. The molecule has 0 saturated heterocycles. The molecule has 0 heterocycles. The smallest absolute Gasteiger partial charge is 0.313 e. The summed E-state index contributed by atoms with van der Waals surface area (Å²) in [6, 6.07) is 15.0.